The molecule has 3 atom stereocenters. The van der Waals surface area contributed by atoms with E-state index < -0.39 is 16.9 Å². The minimum Gasteiger partial charge on any atom is -0.389 e. The van der Waals surface area contributed by atoms with Crippen molar-refractivity contribution in [2.75, 3.05) is 25.2 Å². The Morgan fingerprint density at radius 3 is 2.81 bits per heavy atom. The summed E-state index contributed by atoms with van der Waals surface area (Å²) in [7, 11) is -0.791. The third kappa shape index (κ3) is 8.26. The minimum absolute atomic E-state index is 0.147. The lowest BCUT2D eigenvalue weighted by Gasteiger charge is -2.17. The summed E-state index contributed by atoms with van der Waals surface area (Å²) in [6.45, 7) is 2.68. The maximum Gasteiger partial charge on any atom is 0.128 e. The lowest BCUT2D eigenvalue weighted by atomic mass is 10.2. The van der Waals surface area contributed by atoms with Crippen molar-refractivity contribution in [1.82, 2.24) is 5.32 Å². The predicted molar refractivity (Wildman–Crippen MR) is 83.1 cm³/mol. The standard InChI is InChI=1S/C15H24FNO3S/c1-12(7-8-21(2)19)17-9-14(18)11-20-10-13-5-3-4-6-15(13)16/h3-6,12,14,17-18H,7-11H2,1-2H3. The molecule has 2 N–H and O–H groups in total. The van der Waals surface area contributed by atoms with E-state index in [9.17, 15) is 13.7 Å². The number of halogens is 1. The van der Waals surface area contributed by atoms with Gasteiger partial charge in [-0.25, -0.2) is 4.39 Å². The summed E-state index contributed by atoms with van der Waals surface area (Å²) in [4.78, 5) is 0. The molecule has 4 nitrogen and oxygen atoms in total. The maximum absolute atomic E-state index is 13.3. The van der Waals surface area contributed by atoms with Crippen molar-refractivity contribution in [2.24, 2.45) is 0 Å². The van der Waals surface area contributed by atoms with Gasteiger partial charge < -0.3 is 15.2 Å². The van der Waals surface area contributed by atoms with Gasteiger partial charge in [0.15, 0.2) is 0 Å². The molecule has 3 unspecified atom stereocenters. The van der Waals surface area contributed by atoms with Crippen LogP contribution in [0.25, 0.3) is 0 Å². The second kappa shape index (κ2) is 10.00. The molecule has 0 amide bonds. The van der Waals surface area contributed by atoms with E-state index >= 15 is 0 Å². The molecule has 0 heterocycles. The Labute approximate surface area is 128 Å². The van der Waals surface area contributed by atoms with Gasteiger partial charge >= 0.3 is 0 Å². The summed E-state index contributed by atoms with van der Waals surface area (Å²) in [5.74, 6) is 0.347. The zero-order valence-corrected chi connectivity index (χ0v) is 13.4. The quantitative estimate of drug-likeness (QED) is 0.686. The van der Waals surface area contributed by atoms with E-state index in [-0.39, 0.29) is 25.1 Å². The molecule has 1 rings (SSSR count). The van der Waals surface area contributed by atoms with Gasteiger partial charge in [-0.3, -0.25) is 4.21 Å². The van der Waals surface area contributed by atoms with E-state index in [0.29, 0.717) is 17.9 Å². The van der Waals surface area contributed by atoms with Crippen LogP contribution in [0.3, 0.4) is 0 Å². The first-order valence-corrected chi connectivity index (χ1v) is 8.74. The van der Waals surface area contributed by atoms with Gasteiger partial charge in [-0.1, -0.05) is 18.2 Å². The first-order valence-electron chi connectivity index (χ1n) is 7.01. The number of hydrogen-bond donors (Lipinski definition) is 2. The lowest BCUT2D eigenvalue weighted by Crippen LogP contribution is -2.36. The smallest absolute Gasteiger partial charge is 0.128 e. The summed E-state index contributed by atoms with van der Waals surface area (Å²) < 4.78 is 29.6. The molecular weight excluding hydrogens is 293 g/mol. The maximum atomic E-state index is 13.3. The largest absolute Gasteiger partial charge is 0.389 e. The van der Waals surface area contributed by atoms with Crippen LogP contribution in [0.4, 0.5) is 4.39 Å². The molecule has 0 saturated carbocycles. The van der Waals surface area contributed by atoms with Gasteiger partial charge in [0.1, 0.15) is 5.82 Å². The number of aliphatic hydroxyl groups is 1. The van der Waals surface area contributed by atoms with Crippen LogP contribution in [-0.4, -0.2) is 46.6 Å². The van der Waals surface area contributed by atoms with E-state index in [4.69, 9.17) is 4.74 Å². The first kappa shape index (κ1) is 18.2. The number of ether oxygens (including phenoxy) is 1. The van der Waals surface area contributed by atoms with Gasteiger partial charge in [-0.05, 0) is 19.4 Å². The highest BCUT2D eigenvalue weighted by molar-refractivity contribution is 7.84. The molecule has 0 radical (unpaired) electrons. The molecule has 6 heteroatoms. The van der Waals surface area contributed by atoms with Crippen molar-refractivity contribution >= 4 is 10.8 Å². The molecular formula is C15H24FNO3S. The SMILES string of the molecule is CC(CCS(C)=O)NCC(O)COCc1ccccc1F. The molecule has 0 fully saturated rings. The van der Waals surface area contributed by atoms with Crippen LogP contribution >= 0.6 is 0 Å². The van der Waals surface area contributed by atoms with E-state index in [1.807, 2.05) is 6.92 Å². The molecule has 0 spiro atoms. The molecule has 0 saturated heterocycles. The van der Waals surface area contributed by atoms with E-state index in [1.165, 1.54) is 6.07 Å². The summed E-state index contributed by atoms with van der Waals surface area (Å²) in [6.07, 6.45) is 1.83. The average Bonchev–Trinajstić information content (AvgIpc) is 2.45. The summed E-state index contributed by atoms with van der Waals surface area (Å²) in [5, 5.41) is 12.9. The topological polar surface area (TPSA) is 58.6 Å². The third-order valence-electron chi connectivity index (χ3n) is 3.07. The van der Waals surface area contributed by atoms with Crippen LogP contribution < -0.4 is 5.32 Å². The average molecular weight is 317 g/mol. The van der Waals surface area contributed by atoms with Gasteiger partial charge in [0.25, 0.3) is 0 Å². The van der Waals surface area contributed by atoms with Gasteiger partial charge in [0, 0.05) is 41.0 Å². The normalized spacial score (nSPS) is 15.6. The molecule has 1 aromatic rings. The predicted octanol–water partition coefficient (Wildman–Crippen LogP) is 1.45. The molecule has 0 aliphatic rings. The van der Waals surface area contributed by atoms with E-state index in [1.54, 1.807) is 24.5 Å². The Morgan fingerprint density at radius 2 is 2.14 bits per heavy atom. The van der Waals surface area contributed by atoms with Crippen LogP contribution in [-0.2, 0) is 22.1 Å². The fourth-order valence-electron chi connectivity index (χ4n) is 1.76. The van der Waals surface area contributed by atoms with E-state index in [0.717, 1.165) is 6.42 Å². The van der Waals surface area contributed by atoms with Crippen molar-refractivity contribution in [2.45, 2.75) is 32.1 Å². The lowest BCUT2D eigenvalue weighted by molar-refractivity contribution is 0.0268. The summed E-state index contributed by atoms with van der Waals surface area (Å²) in [5.41, 5.74) is 0.483. The monoisotopic (exact) mass is 317 g/mol. The first-order chi connectivity index (χ1) is 9.99. The van der Waals surface area contributed by atoms with Gasteiger partial charge in [-0.2, -0.15) is 0 Å². The fourth-order valence-corrected chi connectivity index (χ4v) is 2.45. The van der Waals surface area contributed by atoms with Crippen LogP contribution in [0.2, 0.25) is 0 Å². The molecule has 0 aliphatic carbocycles. The second-order valence-electron chi connectivity index (χ2n) is 5.14. The number of aliphatic hydroxyl groups excluding tert-OH is 1. The number of benzene rings is 1. The van der Waals surface area contributed by atoms with Crippen molar-refractivity contribution in [1.29, 1.82) is 0 Å². The minimum atomic E-state index is -0.791. The zero-order valence-electron chi connectivity index (χ0n) is 12.5. The van der Waals surface area contributed by atoms with Gasteiger partial charge in [0.05, 0.1) is 19.3 Å². The zero-order chi connectivity index (χ0) is 15.7. The van der Waals surface area contributed by atoms with Gasteiger partial charge in [-0.15, -0.1) is 0 Å². The Morgan fingerprint density at radius 1 is 1.43 bits per heavy atom. The van der Waals surface area contributed by atoms with E-state index in [2.05, 4.69) is 5.32 Å². The van der Waals surface area contributed by atoms with Crippen LogP contribution in [0, 0.1) is 5.82 Å². The highest BCUT2D eigenvalue weighted by atomic mass is 32.2. The van der Waals surface area contributed by atoms with Crippen molar-refractivity contribution in [3.63, 3.8) is 0 Å². The Balaban J connectivity index is 2.15. The molecule has 0 bridgehead atoms. The van der Waals surface area contributed by atoms with Crippen LogP contribution in [0.1, 0.15) is 18.9 Å². The van der Waals surface area contributed by atoms with Gasteiger partial charge in [0.2, 0.25) is 0 Å². The highest BCUT2D eigenvalue weighted by Gasteiger charge is 2.09. The molecule has 1 aromatic carbocycles. The molecule has 21 heavy (non-hydrogen) atoms. The van der Waals surface area contributed by atoms with Crippen LogP contribution in [0.15, 0.2) is 24.3 Å². The second-order valence-corrected chi connectivity index (χ2v) is 6.69. The summed E-state index contributed by atoms with van der Waals surface area (Å²) >= 11 is 0. The molecule has 0 aromatic heterocycles. The number of rotatable bonds is 10. The highest BCUT2D eigenvalue weighted by Crippen LogP contribution is 2.07. The fraction of sp³-hybridized carbons (Fsp3) is 0.600. The van der Waals surface area contributed by atoms with Crippen molar-refractivity contribution in [3.05, 3.63) is 35.6 Å². The summed E-state index contributed by atoms with van der Waals surface area (Å²) in [6, 6.07) is 6.61. The molecule has 120 valence electrons. The number of nitrogens with one attached hydrogen (secondary N) is 1. The Hall–Kier alpha value is -0.820. The Bertz CT molecular complexity index is 445. The van der Waals surface area contributed by atoms with Crippen LogP contribution in [0.5, 0.6) is 0 Å². The third-order valence-corrected chi connectivity index (χ3v) is 3.88. The van der Waals surface area contributed by atoms with Crippen molar-refractivity contribution in [3.8, 4) is 0 Å². The number of hydrogen-bond acceptors (Lipinski definition) is 4. The van der Waals surface area contributed by atoms with Crippen molar-refractivity contribution < 1.29 is 18.4 Å². The molecule has 0 aliphatic heterocycles. The Kier molecular flexibility index (Phi) is 8.68.